The van der Waals surface area contributed by atoms with Crippen LogP contribution in [0.25, 0.3) is 33.9 Å². The highest BCUT2D eigenvalue weighted by Gasteiger charge is 2.09. The summed E-state index contributed by atoms with van der Waals surface area (Å²) in [4.78, 5) is 17.9. The van der Waals surface area contributed by atoms with Crippen LogP contribution in [0.1, 0.15) is 11.1 Å². The molecule has 0 bridgehead atoms. The molecule has 182 valence electrons. The van der Waals surface area contributed by atoms with Crippen LogP contribution in [-0.2, 0) is 13.1 Å². The van der Waals surface area contributed by atoms with Crippen molar-refractivity contribution >= 4 is 0 Å². The topological polar surface area (TPSA) is 59.3 Å². The zero-order valence-electron chi connectivity index (χ0n) is 20.8. The molecule has 0 unspecified atom stereocenters. The molecular formula is C32H26N6+2. The number of hydrogen-bond acceptors (Lipinski definition) is 4. The van der Waals surface area contributed by atoms with Crippen molar-refractivity contribution < 1.29 is 9.13 Å². The fraction of sp³-hybridized carbons (Fsp3) is 0.0625. The fourth-order valence-electron chi connectivity index (χ4n) is 4.30. The lowest BCUT2D eigenvalue weighted by Crippen LogP contribution is -2.33. The molecule has 0 radical (unpaired) electrons. The molecule has 0 spiro atoms. The Morgan fingerprint density at radius 3 is 1.18 bits per heavy atom. The predicted molar refractivity (Wildman–Crippen MR) is 145 cm³/mol. The Morgan fingerprint density at radius 1 is 0.421 bits per heavy atom. The van der Waals surface area contributed by atoms with Crippen LogP contribution in [0.15, 0.2) is 135 Å². The summed E-state index contributed by atoms with van der Waals surface area (Å²) >= 11 is 0. The van der Waals surface area contributed by atoms with E-state index in [-0.39, 0.29) is 0 Å². The molecule has 0 aliphatic carbocycles. The Balaban J connectivity index is 1.08. The van der Waals surface area contributed by atoms with Gasteiger partial charge in [-0.1, -0.05) is 12.1 Å². The summed E-state index contributed by atoms with van der Waals surface area (Å²) in [5.41, 5.74) is 8.18. The lowest BCUT2D eigenvalue weighted by Gasteiger charge is -2.04. The highest BCUT2D eigenvalue weighted by Crippen LogP contribution is 2.17. The van der Waals surface area contributed by atoms with E-state index in [1.165, 1.54) is 11.1 Å². The minimum atomic E-state index is 0.762. The molecular weight excluding hydrogens is 468 g/mol. The Bertz CT molecular complexity index is 1470. The van der Waals surface area contributed by atoms with Gasteiger partial charge in [0.2, 0.25) is 0 Å². The molecule has 6 heteroatoms. The molecule has 6 aromatic heterocycles. The Morgan fingerprint density at radius 2 is 0.842 bits per heavy atom. The summed E-state index contributed by atoms with van der Waals surface area (Å²) in [6.45, 7) is 1.52. The average Bonchev–Trinajstić information content (AvgIpc) is 3.00. The fourth-order valence-corrected chi connectivity index (χ4v) is 4.30. The summed E-state index contributed by atoms with van der Waals surface area (Å²) in [6.07, 6.45) is 15.8. The third-order valence-corrected chi connectivity index (χ3v) is 6.35. The van der Waals surface area contributed by atoms with Gasteiger partial charge in [-0.15, -0.1) is 0 Å². The largest absolute Gasteiger partial charge is 0.255 e. The molecule has 0 aromatic carbocycles. The molecule has 0 saturated carbocycles. The molecule has 0 N–H and O–H groups in total. The van der Waals surface area contributed by atoms with E-state index in [2.05, 4.69) is 90.3 Å². The third-order valence-electron chi connectivity index (χ3n) is 6.35. The molecule has 0 amide bonds. The quantitative estimate of drug-likeness (QED) is 0.295. The van der Waals surface area contributed by atoms with Crippen molar-refractivity contribution in [2.75, 3.05) is 0 Å². The van der Waals surface area contributed by atoms with Crippen molar-refractivity contribution in [1.29, 1.82) is 0 Å². The van der Waals surface area contributed by atoms with Crippen LogP contribution in [0, 0.1) is 0 Å². The minimum absolute atomic E-state index is 0.762. The standard InChI is InChI=1S/C32H26N6/c1-3-15-33-29(5-1)31-9-7-25(21-35-31)23-37-17-11-27(12-18-37)28-13-19-38(20-14-28)24-26-8-10-32(36-22-26)30-6-2-4-16-34-30/h1-22H,23-24H2/q+2. The smallest absolute Gasteiger partial charge is 0.175 e. The van der Waals surface area contributed by atoms with Crippen LogP contribution in [0.2, 0.25) is 0 Å². The van der Waals surface area contributed by atoms with Crippen molar-refractivity contribution in [3.63, 3.8) is 0 Å². The molecule has 0 aliphatic heterocycles. The first-order valence-electron chi connectivity index (χ1n) is 12.5. The van der Waals surface area contributed by atoms with E-state index in [0.29, 0.717) is 0 Å². The van der Waals surface area contributed by atoms with Gasteiger partial charge in [0.15, 0.2) is 37.9 Å². The summed E-state index contributed by atoms with van der Waals surface area (Å²) in [7, 11) is 0. The summed E-state index contributed by atoms with van der Waals surface area (Å²) < 4.78 is 4.32. The molecule has 6 aromatic rings. The zero-order chi connectivity index (χ0) is 25.6. The van der Waals surface area contributed by atoms with Gasteiger partial charge in [0.05, 0.1) is 22.8 Å². The van der Waals surface area contributed by atoms with Gasteiger partial charge >= 0.3 is 0 Å². The SMILES string of the molecule is c1ccc(-c2ccc(C[n+]3ccc(-c4cc[n+](Cc5ccc(-c6ccccn6)nc5)cc4)cc3)cn2)nc1. The van der Waals surface area contributed by atoms with Crippen LogP contribution in [0.4, 0.5) is 0 Å². The number of rotatable bonds is 7. The van der Waals surface area contributed by atoms with Crippen molar-refractivity contribution in [2.45, 2.75) is 13.1 Å². The molecule has 0 saturated heterocycles. The average molecular weight is 495 g/mol. The van der Waals surface area contributed by atoms with E-state index < -0.39 is 0 Å². The van der Waals surface area contributed by atoms with Crippen LogP contribution in [-0.4, -0.2) is 19.9 Å². The summed E-state index contributed by atoms with van der Waals surface area (Å²) in [6, 6.07) is 28.6. The van der Waals surface area contributed by atoms with Gasteiger partial charge in [-0.2, -0.15) is 0 Å². The van der Waals surface area contributed by atoms with E-state index in [0.717, 1.165) is 47.0 Å². The molecule has 0 atom stereocenters. The number of aromatic nitrogens is 6. The van der Waals surface area contributed by atoms with Crippen molar-refractivity contribution in [3.05, 3.63) is 146 Å². The molecule has 6 nitrogen and oxygen atoms in total. The molecule has 0 aliphatic rings. The van der Waals surface area contributed by atoms with Crippen LogP contribution < -0.4 is 9.13 Å². The second-order valence-corrected chi connectivity index (χ2v) is 9.05. The van der Waals surface area contributed by atoms with Crippen LogP contribution in [0.3, 0.4) is 0 Å². The monoisotopic (exact) mass is 494 g/mol. The maximum atomic E-state index is 4.58. The Kier molecular flexibility index (Phi) is 6.68. The Hall–Kier alpha value is -5.10. The van der Waals surface area contributed by atoms with Crippen LogP contribution >= 0.6 is 0 Å². The van der Waals surface area contributed by atoms with Gasteiger partial charge < -0.3 is 0 Å². The van der Waals surface area contributed by atoms with E-state index in [9.17, 15) is 0 Å². The predicted octanol–water partition coefficient (Wildman–Crippen LogP) is 4.94. The van der Waals surface area contributed by atoms with Gasteiger partial charge in [0.1, 0.15) is 0 Å². The summed E-state index contributed by atoms with van der Waals surface area (Å²) in [5, 5.41) is 0. The zero-order valence-corrected chi connectivity index (χ0v) is 20.8. The van der Waals surface area contributed by atoms with Crippen molar-refractivity contribution in [2.24, 2.45) is 0 Å². The Labute approximate surface area is 221 Å². The van der Waals surface area contributed by atoms with Crippen molar-refractivity contribution in [1.82, 2.24) is 19.9 Å². The van der Waals surface area contributed by atoms with E-state index >= 15 is 0 Å². The summed E-state index contributed by atoms with van der Waals surface area (Å²) in [5.74, 6) is 0. The van der Waals surface area contributed by atoms with Crippen molar-refractivity contribution in [3.8, 4) is 33.9 Å². The molecule has 38 heavy (non-hydrogen) atoms. The highest BCUT2D eigenvalue weighted by atomic mass is 14.9. The van der Waals surface area contributed by atoms with E-state index in [1.807, 2.05) is 60.9 Å². The second kappa shape index (κ2) is 10.9. The van der Waals surface area contributed by atoms with Gasteiger partial charge in [-0.25, -0.2) is 9.13 Å². The van der Waals surface area contributed by atoms with Gasteiger partial charge in [-0.05, 0) is 59.7 Å². The molecule has 6 rings (SSSR count). The lowest BCUT2D eigenvalue weighted by molar-refractivity contribution is -0.688. The first-order valence-corrected chi connectivity index (χ1v) is 12.5. The molecule has 6 heterocycles. The van der Waals surface area contributed by atoms with Gasteiger partial charge in [0.25, 0.3) is 0 Å². The normalized spacial score (nSPS) is 10.8. The number of nitrogens with zero attached hydrogens (tertiary/aromatic N) is 6. The third kappa shape index (κ3) is 5.50. The highest BCUT2D eigenvalue weighted by molar-refractivity contribution is 5.61. The first kappa shape index (κ1) is 23.3. The number of pyridine rings is 6. The first-order chi connectivity index (χ1) is 18.8. The van der Waals surface area contributed by atoms with E-state index in [4.69, 9.17) is 0 Å². The van der Waals surface area contributed by atoms with Crippen LogP contribution in [0.5, 0.6) is 0 Å². The minimum Gasteiger partial charge on any atom is -0.255 e. The molecule has 0 fully saturated rings. The van der Waals surface area contributed by atoms with Gasteiger partial charge in [-0.3, -0.25) is 19.9 Å². The maximum Gasteiger partial charge on any atom is 0.175 e. The maximum absolute atomic E-state index is 4.58. The number of hydrogen-bond donors (Lipinski definition) is 0. The van der Waals surface area contributed by atoms with Gasteiger partial charge in [0, 0.05) is 60.2 Å². The second-order valence-electron chi connectivity index (χ2n) is 9.05. The lowest BCUT2D eigenvalue weighted by atomic mass is 10.1. The van der Waals surface area contributed by atoms with E-state index in [1.54, 1.807) is 12.4 Å².